The summed E-state index contributed by atoms with van der Waals surface area (Å²) in [5.74, 6) is 0.826. The number of benzene rings is 2. The van der Waals surface area contributed by atoms with Gasteiger partial charge in [-0.15, -0.1) is 0 Å². The lowest BCUT2D eigenvalue weighted by atomic mass is 10.0. The molecule has 0 saturated heterocycles. The van der Waals surface area contributed by atoms with Gasteiger partial charge in [0.05, 0.1) is 22.8 Å². The van der Waals surface area contributed by atoms with E-state index in [2.05, 4.69) is 25.1 Å². The zero-order valence-electron chi connectivity index (χ0n) is 16.0. The van der Waals surface area contributed by atoms with Gasteiger partial charge in [0.2, 0.25) is 0 Å². The van der Waals surface area contributed by atoms with Gasteiger partial charge in [0.1, 0.15) is 17.5 Å². The molecule has 30 heavy (non-hydrogen) atoms. The van der Waals surface area contributed by atoms with E-state index in [1.165, 1.54) is 0 Å². The minimum Gasteiger partial charge on any atom is -0.392 e. The number of aromatic amines is 1. The van der Waals surface area contributed by atoms with E-state index in [-0.39, 0.29) is 23.5 Å². The quantitative estimate of drug-likeness (QED) is 0.419. The summed E-state index contributed by atoms with van der Waals surface area (Å²) >= 11 is 6.34. The minimum atomic E-state index is -0.152. The average Bonchev–Trinajstić information content (AvgIpc) is 2.74. The highest BCUT2D eigenvalue weighted by atomic mass is 35.5. The lowest BCUT2D eigenvalue weighted by molar-refractivity contribution is 1.03. The Hall–Kier alpha value is -3.89. The lowest BCUT2D eigenvalue weighted by Gasteiger charge is -2.15. The Balaban J connectivity index is 1.88. The van der Waals surface area contributed by atoms with Crippen molar-refractivity contribution in [3.8, 4) is 11.3 Å². The fourth-order valence-corrected chi connectivity index (χ4v) is 3.55. The molecule has 0 spiro atoms. The zero-order chi connectivity index (χ0) is 21.3. The number of hydrogen-bond donors (Lipinski definition) is 3. The van der Waals surface area contributed by atoms with Crippen LogP contribution in [0.5, 0.6) is 0 Å². The highest BCUT2D eigenvalue weighted by molar-refractivity contribution is 6.35. The van der Waals surface area contributed by atoms with Crippen LogP contribution in [0.15, 0.2) is 53.3 Å². The Kier molecular flexibility index (Phi) is 5.09. The molecule has 0 saturated carbocycles. The summed E-state index contributed by atoms with van der Waals surface area (Å²) in [6.07, 6.45) is 0. The molecule has 2 heterocycles. The van der Waals surface area contributed by atoms with E-state index in [0.717, 1.165) is 5.56 Å². The second-order valence-electron chi connectivity index (χ2n) is 6.65. The van der Waals surface area contributed by atoms with Gasteiger partial charge < -0.3 is 16.0 Å². The van der Waals surface area contributed by atoms with Crippen molar-refractivity contribution >= 4 is 39.8 Å². The summed E-state index contributed by atoms with van der Waals surface area (Å²) in [6.45, 7) is 9.20. The van der Waals surface area contributed by atoms with Crippen LogP contribution in [-0.4, -0.2) is 15.0 Å². The van der Waals surface area contributed by atoms with Crippen molar-refractivity contribution in [1.82, 2.24) is 15.0 Å². The number of fused-ring (bicyclic) bond motifs is 1. The first-order valence-corrected chi connectivity index (χ1v) is 9.51. The van der Waals surface area contributed by atoms with Gasteiger partial charge in [-0.2, -0.15) is 0 Å². The summed E-state index contributed by atoms with van der Waals surface area (Å²) < 4.78 is 0. The van der Waals surface area contributed by atoms with Crippen molar-refractivity contribution < 1.29 is 0 Å². The topological polar surface area (TPSA) is 101 Å². The summed E-state index contributed by atoms with van der Waals surface area (Å²) in [5.41, 5.74) is 8.41. The maximum atomic E-state index is 13.3. The number of aryl methyl sites for hydroxylation is 1. The lowest BCUT2D eigenvalue weighted by Crippen LogP contribution is -2.17. The predicted molar refractivity (Wildman–Crippen MR) is 120 cm³/mol. The number of hydrogen-bond acceptors (Lipinski definition) is 5. The average molecular weight is 417 g/mol. The number of rotatable bonds is 4. The Labute approximate surface area is 177 Å². The van der Waals surface area contributed by atoms with E-state index in [4.69, 9.17) is 23.9 Å². The molecule has 0 unspecified atom stereocenters. The van der Waals surface area contributed by atoms with Gasteiger partial charge in [0.25, 0.3) is 5.69 Å². The SMILES string of the molecule is [C-]#[N+]c1c(N)nc(C)nc1NCc1c(-c2ccccc2)[nH]c2c(Cl)cccc2c1=O. The van der Waals surface area contributed by atoms with E-state index >= 15 is 0 Å². The van der Waals surface area contributed by atoms with E-state index in [1.807, 2.05) is 30.3 Å². The van der Waals surface area contributed by atoms with E-state index in [1.54, 1.807) is 25.1 Å². The van der Waals surface area contributed by atoms with Crippen LogP contribution in [0.2, 0.25) is 5.02 Å². The minimum absolute atomic E-state index is 0.0995. The molecule has 4 aromatic rings. The van der Waals surface area contributed by atoms with E-state index < -0.39 is 0 Å². The molecule has 4 rings (SSSR count). The standard InChI is InChI=1S/C22H17ClN6O/c1-12-27-21(24)19(25-2)22(28-12)26-11-15-17(13-7-4-3-5-8-13)29-18-14(20(15)30)9-6-10-16(18)23/h3-10H,11H2,1H3,(H,29,30)(H3,24,26,27,28). The second kappa shape index (κ2) is 7.85. The smallest absolute Gasteiger partial charge is 0.268 e. The van der Waals surface area contributed by atoms with Crippen LogP contribution < -0.4 is 16.5 Å². The number of nitrogens with zero attached hydrogens (tertiary/aromatic N) is 3. The summed E-state index contributed by atoms with van der Waals surface area (Å²) in [4.78, 5) is 28.4. The van der Waals surface area contributed by atoms with Crippen LogP contribution in [0.1, 0.15) is 11.4 Å². The summed E-state index contributed by atoms with van der Waals surface area (Å²) in [7, 11) is 0. The van der Waals surface area contributed by atoms with Crippen molar-refractivity contribution in [2.75, 3.05) is 11.1 Å². The summed E-state index contributed by atoms with van der Waals surface area (Å²) in [5, 5.41) is 4.05. The predicted octanol–water partition coefficient (Wildman–Crippen LogP) is 4.69. The first-order chi connectivity index (χ1) is 14.5. The molecule has 0 amide bonds. The van der Waals surface area contributed by atoms with Crippen LogP contribution in [-0.2, 0) is 6.54 Å². The molecule has 148 valence electrons. The van der Waals surface area contributed by atoms with Crippen LogP contribution in [0.3, 0.4) is 0 Å². The number of nitrogens with two attached hydrogens (primary N) is 1. The van der Waals surface area contributed by atoms with Gasteiger partial charge in [-0.1, -0.05) is 48.0 Å². The number of aromatic nitrogens is 3. The third kappa shape index (κ3) is 3.45. The molecule has 0 bridgehead atoms. The molecule has 0 atom stereocenters. The normalized spacial score (nSPS) is 10.7. The number of H-pyrrole nitrogens is 1. The fraction of sp³-hybridized carbons (Fsp3) is 0.0909. The molecular formula is C22H17ClN6O. The molecule has 7 nitrogen and oxygen atoms in total. The van der Waals surface area contributed by atoms with Crippen LogP contribution in [0, 0.1) is 13.5 Å². The first-order valence-electron chi connectivity index (χ1n) is 9.14. The number of pyridine rings is 1. The van der Waals surface area contributed by atoms with Gasteiger partial charge >= 0.3 is 0 Å². The monoisotopic (exact) mass is 416 g/mol. The Morgan fingerprint density at radius 3 is 2.67 bits per heavy atom. The Morgan fingerprint density at radius 1 is 1.17 bits per heavy atom. The Morgan fingerprint density at radius 2 is 1.93 bits per heavy atom. The highest BCUT2D eigenvalue weighted by Crippen LogP contribution is 2.30. The maximum Gasteiger partial charge on any atom is 0.268 e. The van der Waals surface area contributed by atoms with Crippen LogP contribution in [0.4, 0.5) is 17.3 Å². The van der Waals surface area contributed by atoms with Crippen molar-refractivity contribution in [2.24, 2.45) is 0 Å². The van der Waals surface area contributed by atoms with Crippen LogP contribution >= 0.6 is 11.6 Å². The number of nitrogen functional groups attached to an aromatic ring is 1. The molecule has 0 aliphatic carbocycles. The maximum absolute atomic E-state index is 13.3. The third-order valence-corrected chi connectivity index (χ3v) is 5.03. The van der Waals surface area contributed by atoms with Crippen LogP contribution in [0.25, 0.3) is 27.0 Å². The Bertz CT molecular complexity index is 1360. The van der Waals surface area contributed by atoms with Gasteiger partial charge in [-0.25, -0.2) is 14.8 Å². The fourth-order valence-electron chi connectivity index (χ4n) is 3.33. The van der Waals surface area contributed by atoms with Crippen molar-refractivity contribution in [1.29, 1.82) is 0 Å². The van der Waals surface area contributed by atoms with Crippen molar-refractivity contribution in [2.45, 2.75) is 13.5 Å². The molecule has 0 radical (unpaired) electrons. The van der Waals surface area contributed by atoms with E-state index in [0.29, 0.717) is 38.8 Å². The number of nitrogens with one attached hydrogen (secondary N) is 2. The first kappa shape index (κ1) is 19.4. The van der Waals surface area contributed by atoms with E-state index in [9.17, 15) is 4.79 Å². The van der Waals surface area contributed by atoms with Gasteiger partial charge in [-0.3, -0.25) is 4.79 Å². The number of anilines is 2. The third-order valence-electron chi connectivity index (χ3n) is 4.71. The molecule has 4 N–H and O–H groups in total. The molecule has 2 aromatic carbocycles. The largest absolute Gasteiger partial charge is 0.392 e. The number of para-hydroxylation sites is 1. The zero-order valence-corrected chi connectivity index (χ0v) is 16.8. The van der Waals surface area contributed by atoms with Gasteiger partial charge in [0, 0.05) is 17.5 Å². The molecule has 0 fully saturated rings. The molecule has 8 heteroatoms. The molecule has 2 aromatic heterocycles. The molecular weight excluding hydrogens is 400 g/mol. The number of halogens is 1. The second-order valence-corrected chi connectivity index (χ2v) is 7.06. The van der Waals surface area contributed by atoms with Crippen molar-refractivity contribution in [3.63, 3.8) is 0 Å². The highest BCUT2D eigenvalue weighted by Gasteiger charge is 2.17. The summed E-state index contributed by atoms with van der Waals surface area (Å²) in [6, 6.07) is 14.7. The van der Waals surface area contributed by atoms with Crippen molar-refractivity contribution in [3.05, 3.63) is 86.6 Å². The van der Waals surface area contributed by atoms with Gasteiger partial charge in [0.15, 0.2) is 5.43 Å². The van der Waals surface area contributed by atoms with Gasteiger partial charge in [-0.05, 0) is 24.6 Å². The molecule has 0 aliphatic rings. The molecule has 0 aliphatic heterocycles.